The van der Waals surface area contributed by atoms with E-state index in [-0.39, 0.29) is 17.7 Å². The van der Waals surface area contributed by atoms with Gasteiger partial charge in [-0.05, 0) is 68.6 Å². The van der Waals surface area contributed by atoms with Crippen molar-refractivity contribution < 1.29 is 13.9 Å². The smallest absolute Gasteiger partial charge is 0.269 e. The number of pyridine rings is 1. The van der Waals surface area contributed by atoms with Gasteiger partial charge in [0.05, 0.1) is 11.7 Å². The van der Waals surface area contributed by atoms with Gasteiger partial charge in [-0.1, -0.05) is 12.8 Å². The molecule has 0 saturated heterocycles. The van der Waals surface area contributed by atoms with Crippen LogP contribution in [0.2, 0.25) is 0 Å². The van der Waals surface area contributed by atoms with Gasteiger partial charge < -0.3 is 15.4 Å². The zero-order valence-corrected chi connectivity index (χ0v) is 18.1. The van der Waals surface area contributed by atoms with Gasteiger partial charge in [-0.15, -0.1) is 0 Å². The molecule has 4 rings (SSSR count). The molecule has 1 aliphatic rings. The van der Waals surface area contributed by atoms with Crippen LogP contribution in [-0.2, 0) is 0 Å². The van der Waals surface area contributed by atoms with Crippen LogP contribution in [0.25, 0.3) is 11.0 Å². The number of hydrogen-bond acceptors (Lipinski definition) is 7. The number of aliphatic hydroxyl groups excluding tert-OH is 1. The van der Waals surface area contributed by atoms with Gasteiger partial charge >= 0.3 is 0 Å². The predicted molar refractivity (Wildman–Crippen MR) is 119 cm³/mol. The fourth-order valence-corrected chi connectivity index (χ4v) is 3.82. The first-order valence-electron chi connectivity index (χ1n) is 9.95. The molecule has 1 aliphatic carbocycles. The fraction of sp³-hybridized carbons (Fsp3) is 0.381. The molecule has 1 saturated carbocycles. The summed E-state index contributed by atoms with van der Waals surface area (Å²) in [6.07, 6.45) is 3.16. The van der Waals surface area contributed by atoms with Gasteiger partial charge in [-0.3, -0.25) is 9.52 Å². The highest BCUT2D eigenvalue weighted by atomic mass is 32.2. The van der Waals surface area contributed by atoms with Crippen LogP contribution in [0.15, 0.2) is 40.2 Å². The van der Waals surface area contributed by atoms with Crippen molar-refractivity contribution in [3.8, 4) is 0 Å². The summed E-state index contributed by atoms with van der Waals surface area (Å²) in [5.41, 5.74) is 0.561. The Labute approximate surface area is 182 Å². The summed E-state index contributed by atoms with van der Waals surface area (Å²) in [6, 6.07) is 6.94. The Bertz CT molecular complexity index is 1090. The lowest BCUT2D eigenvalue weighted by atomic mass is 10.2. The number of nitrogens with one attached hydrogen (secondary N) is 3. The van der Waals surface area contributed by atoms with E-state index in [0.29, 0.717) is 5.39 Å². The minimum atomic E-state index is -2.84. The summed E-state index contributed by atoms with van der Waals surface area (Å²) in [6.45, 7) is 1.94. The molecule has 31 heavy (non-hydrogen) atoms. The Morgan fingerprint density at radius 3 is 2.58 bits per heavy atom. The molecular formula is C21H25F2N5O2S. The Morgan fingerprint density at radius 2 is 2.00 bits per heavy atom. The Kier molecular flexibility index (Phi) is 7.94. The number of fused-ring (bicyclic) bond motifs is 1. The Morgan fingerprint density at radius 1 is 1.26 bits per heavy atom. The van der Waals surface area contributed by atoms with Crippen molar-refractivity contribution in [2.45, 2.75) is 50.0 Å². The lowest BCUT2D eigenvalue weighted by molar-refractivity contribution is 0.150. The number of alkyl halides is 2. The summed E-state index contributed by atoms with van der Waals surface area (Å²) in [4.78, 5) is 23.4. The van der Waals surface area contributed by atoms with E-state index in [1.165, 1.54) is 31.0 Å². The monoisotopic (exact) mass is 449 g/mol. The van der Waals surface area contributed by atoms with Crippen molar-refractivity contribution in [1.29, 1.82) is 0 Å². The van der Waals surface area contributed by atoms with Crippen molar-refractivity contribution >= 4 is 34.6 Å². The normalized spacial score (nSPS) is 14.0. The molecule has 2 aromatic heterocycles. The van der Waals surface area contributed by atoms with Crippen LogP contribution in [-0.4, -0.2) is 33.2 Å². The van der Waals surface area contributed by atoms with E-state index in [1.54, 1.807) is 0 Å². The third-order valence-electron chi connectivity index (χ3n) is 4.85. The van der Waals surface area contributed by atoms with E-state index in [2.05, 4.69) is 25.0 Å². The summed E-state index contributed by atoms with van der Waals surface area (Å²) < 4.78 is 28.6. The number of H-pyrrole nitrogens is 1. The molecule has 0 radical (unpaired) electrons. The number of halogens is 2. The molecule has 0 unspecified atom stereocenters. The van der Waals surface area contributed by atoms with Gasteiger partial charge in [-0.25, -0.2) is 13.8 Å². The standard InChI is InChI=1S/C16H15F2N5OS.C5H10O/c1-8-5-10(25-19-2)3-4-12(8)21-16-20-7-9-6-11(13(17)18)15(24)22-14(9)23-16;6-5-3-1-2-4-5/h3-7,13,19H,1-2H3,(H2,20,21,22,23,24);5-6H,1-4H2. The average molecular weight is 450 g/mol. The topological polar surface area (TPSA) is 103 Å². The van der Waals surface area contributed by atoms with Crippen LogP contribution >= 0.6 is 11.9 Å². The molecular weight excluding hydrogens is 424 g/mol. The molecule has 1 aromatic carbocycles. The first-order chi connectivity index (χ1) is 14.9. The fourth-order valence-electron chi connectivity index (χ4n) is 3.21. The van der Waals surface area contributed by atoms with Gasteiger partial charge in [0.15, 0.2) is 0 Å². The van der Waals surface area contributed by atoms with Crippen LogP contribution in [0, 0.1) is 6.92 Å². The minimum Gasteiger partial charge on any atom is -0.393 e. The van der Waals surface area contributed by atoms with E-state index < -0.39 is 17.5 Å². The van der Waals surface area contributed by atoms with Crippen molar-refractivity contribution in [2.24, 2.45) is 0 Å². The van der Waals surface area contributed by atoms with E-state index in [9.17, 15) is 13.6 Å². The second-order valence-corrected chi connectivity index (χ2v) is 8.28. The molecule has 0 aliphatic heterocycles. The second-order valence-electron chi connectivity index (χ2n) is 7.20. The molecule has 4 N–H and O–H groups in total. The molecule has 3 aromatic rings. The highest BCUT2D eigenvalue weighted by Crippen LogP contribution is 2.25. The van der Waals surface area contributed by atoms with Crippen molar-refractivity contribution in [3.05, 3.63) is 51.9 Å². The molecule has 0 spiro atoms. The molecule has 0 amide bonds. The number of aliphatic hydroxyl groups is 1. The molecule has 10 heteroatoms. The zero-order valence-electron chi connectivity index (χ0n) is 17.3. The maximum Gasteiger partial charge on any atom is 0.269 e. The molecule has 0 bridgehead atoms. The Balaban J connectivity index is 0.000000391. The van der Waals surface area contributed by atoms with Crippen molar-refractivity contribution in [1.82, 2.24) is 19.7 Å². The summed E-state index contributed by atoms with van der Waals surface area (Å²) in [5.74, 6) is 0.269. The average Bonchev–Trinajstić information content (AvgIpc) is 3.21. The number of hydrogen-bond donors (Lipinski definition) is 4. The van der Waals surface area contributed by atoms with Crippen LogP contribution in [0.1, 0.15) is 43.2 Å². The number of benzene rings is 1. The zero-order chi connectivity index (χ0) is 22.4. The number of aryl methyl sites for hydroxylation is 1. The number of anilines is 2. The first-order valence-corrected chi connectivity index (χ1v) is 10.8. The molecule has 1 fully saturated rings. The van der Waals surface area contributed by atoms with Crippen molar-refractivity contribution in [3.63, 3.8) is 0 Å². The maximum absolute atomic E-state index is 12.8. The van der Waals surface area contributed by atoms with E-state index in [1.807, 2.05) is 32.2 Å². The number of aromatic amines is 1. The maximum atomic E-state index is 12.8. The molecule has 166 valence electrons. The summed E-state index contributed by atoms with van der Waals surface area (Å²) >= 11 is 1.50. The van der Waals surface area contributed by atoms with Crippen LogP contribution in [0.5, 0.6) is 0 Å². The lowest BCUT2D eigenvalue weighted by Gasteiger charge is -2.10. The number of rotatable bonds is 5. The van der Waals surface area contributed by atoms with E-state index in [0.717, 1.165) is 35.1 Å². The number of aromatic nitrogens is 3. The second kappa shape index (κ2) is 10.7. The summed E-state index contributed by atoms with van der Waals surface area (Å²) in [7, 11) is 1.84. The quantitative estimate of drug-likeness (QED) is 0.427. The minimum absolute atomic E-state index is 0.0463. The van der Waals surface area contributed by atoms with Gasteiger partial charge in [0, 0.05) is 22.2 Å². The molecule has 7 nitrogen and oxygen atoms in total. The van der Waals surface area contributed by atoms with Gasteiger partial charge in [0.25, 0.3) is 12.0 Å². The van der Waals surface area contributed by atoms with E-state index >= 15 is 0 Å². The van der Waals surface area contributed by atoms with Crippen LogP contribution in [0.3, 0.4) is 0 Å². The molecule has 2 heterocycles. The SMILES string of the molecule is CNSc1ccc(Nc2ncc3cc(C(F)F)c(=O)[nH]c3n2)c(C)c1.OC1CCCC1. The number of nitrogens with zero attached hydrogens (tertiary/aromatic N) is 2. The van der Waals surface area contributed by atoms with Crippen LogP contribution < -0.4 is 15.6 Å². The van der Waals surface area contributed by atoms with Gasteiger partial charge in [-0.2, -0.15) is 4.98 Å². The highest BCUT2D eigenvalue weighted by molar-refractivity contribution is 7.97. The van der Waals surface area contributed by atoms with E-state index in [4.69, 9.17) is 5.11 Å². The highest BCUT2D eigenvalue weighted by Gasteiger charge is 2.14. The van der Waals surface area contributed by atoms with Gasteiger partial charge in [0.2, 0.25) is 5.95 Å². The molecule has 0 atom stereocenters. The predicted octanol–water partition coefficient (Wildman–Crippen LogP) is 4.46. The third kappa shape index (κ3) is 6.22. The Hall–Kier alpha value is -2.56. The largest absolute Gasteiger partial charge is 0.393 e. The van der Waals surface area contributed by atoms with Gasteiger partial charge in [0.1, 0.15) is 5.65 Å². The third-order valence-corrected chi connectivity index (χ3v) is 5.54. The summed E-state index contributed by atoms with van der Waals surface area (Å²) in [5, 5.41) is 12.1. The first kappa shape index (κ1) is 23.1. The van der Waals surface area contributed by atoms with Crippen molar-refractivity contribution in [2.75, 3.05) is 12.4 Å². The lowest BCUT2D eigenvalue weighted by Crippen LogP contribution is -2.13. The van der Waals surface area contributed by atoms with Crippen LogP contribution in [0.4, 0.5) is 20.4 Å².